The number of ether oxygens (including phenoxy) is 1. The summed E-state index contributed by atoms with van der Waals surface area (Å²) < 4.78 is 7.55. The molecule has 1 atom stereocenters. The number of halogens is 1. The van der Waals surface area contributed by atoms with E-state index in [1.54, 1.807) is 53.2 Å². The van der Waals surface area contributed by atoms with Crippen LogP contribution < -0.4 is 0 Å². The third-order valence-corrected chi connectivity index (χ3v) is 6.86. The van der Waals surface area contributed by atoms with Crippen LogP contribution in [0, 0.1) is 6.92 Å². The lowest BCUT2D eigenvalue weighted by atomic mass is 10.00. The SMILES string of the molecule is Cc1nn(-c2ccccc2Cl)c2sc(C(=O)OC(C(=O)c3ccccc3)c3ccccc3)cc12. The number of rotatable bonds is 6. The highest BCUT2D eigenvalue weighted by Gasteiger charge is 2.28. The van der Waals surface area contributed by atoms with Gasteiger partial charge in [-0.05, 0) is 25.1 Å². The van der Waals surface area contributed by atoms with Crippen molar-refractivity contribution in [3.8, 4) is 5.69 Å². The summed E-state index contributed by atoms with van der Waals surface area (Å²) in [6.45, 7) is 1.88. The third kappa shape index (κ3) is 4.14. The Bertz CT molecular complexity index is 1490. The normalized spacial score (nSPS) is 11.9. The number of aryl methyl sites for hydroxylation is 1. The monoisotopic (exact) mass is 486 g/mol. The summed E-state index contributed by atoms with van der Waals surface area (Å²) in [5, 5.41) is 5.99. The van der Waals surface area contributed by atoms with E-state index in [2.05, 4.69) is 5.10 Å². The Morgan fingerprint density at radius 3 is 2.29 bits per heavy atom. The largest absolute Gasteiger partial charge is 0.445 e. The Balaban J connectivity index is 1.51. The average molecular weight is 487 g/mol. The van der Waals surface area contributed by atoms with Gasteiger partial charge in [0.15, 0.2) is 6.10 Å². The summed E-state index contributed by atoms with van der Waals surface area (Å²) in [4.78, 5) is 27.7. The Hall–Kier alpha value is -3.74. The predicted octanol–water partition coefficient (Wildman–Crippen LogP) is 6.83. The number of aromatic nitrogens is 2. The first kappa shape index (κ1) is 22.1. The maximum Gasteiger partial charge on any atom is 0.349 e. The highest BCUT2D eigenvalue weighted by molar-refractivity contribution is 7.20. The summed E-state index contributed by atoms with van der Waals surface area (Å²) in [6, 6.07) is 27.0. The van der Waals surface area contributed by atoms with Gasteiger partial charge in [0.1, 0.15) is 9.71 Å². The van der Waals surface area contributed by atoms with Crippen molar-refractivity contribution in [1.82, 2.24) is 9.78 Å². The van der Waals surface area contributed by atoms with E-state index in [0.717, 1.165) is 21.6 Å². The van der Waals surface area contributed by atoms with Gasteiger partial charge in [-0.25, -0.2) is 9.48 Å². The van der Waals surface area contributed by atoms with Crippen molar-refractivity contribution in [3.63, 3.8) is 0 Å². The van der Waals surface area contributed by atoms with Gasteiger partial charge in [-0.2, -0.15) is 5.10 Å². The molecule has 0 aliphatic heterocycles. The molecule has 0 radical (unpaired) electrons. The number of thiophene rings is 1. The van der Waals surface area contributed by atoms with Gasteiger partial charge in [0, 0.05) is 16.5 Å². The van der Waals surface area contributed by atoms with Crippen LogP contribution in [0.25, 0.3) is 15.9 Å². The number of hydrogen-bond donors (Lipinski definition) is 0. The Kier molecular flexibility index (Phi) is 6.01. The van der Waals surface area contributed by atoms with Crippen molar-refractivity contribution in [3.05, 3.63) is 118 Å². The first-order valence-electron chi connectivity index (χ1n) is 10.6. The van der Waals surface area contributed by atoms with Crippen LogP contribution in [0.4, 0.5) is 0 Å². The zero-order chi connectivity index (χ0) is 23.7. The lowest BCUT2D eigenvalue weighted by Crippen LogP contribution is -2.20. The van der Waals surface area contributed by atoms with Crippen molar-refractivity contribution in [1.29, 1.82) is 0 Å². The molecule has 7 heteroatoms. The van der Waals surface area contributed by atoms with Crippen LogP contribution in [0.3, 0.4) is 0 Å². The second-order valence-electron chi connectivity index (χ2n) is 7.70. The van der Waals surface area contributed by atoms with Crippen LogP contribution >= 0.6 is 22.9 Å². The zero-order valence-electron chi connectivity index (χ0n) is 18.1. The number of hydrogen-bond acceptors (Lipinski definition) is 5. The highest BCUT2D eigenvalue weighted by atomic mass is 35.5. The minimum Gasteiger partial charge on any atom is -0.445 e. The summed E-state index contributed by atoms with van der Waals surface area (Å²) >= 11 is 7.64. The number of para-hydroxylation sites is 1. The van der Waals surface area contributed by atoms with Crippen molar-refractivity contribution >= 4 is 44.9 Å². The number of fused-ring (bicyclic) bond motifs is 1. The lowest BCUT2D eigenvalue weighted by Gasteiger charge is -2.17. The van der Waals surface area contributed by atoms with Crippen LogP contribution in [-0.4, -0.2) is 21.5 Å². The molecule has 0 saturated carbocycles. The van der Waals surface area contributed by atoms with Gasteiger partial charge in [-0.1, -0.05) is 84.4 Å². The molecule has 2 heterocycles. The Morgan fingerprint density at radius 2 is 1.59 bits per heavy atom. The molecular weight excluding hydrogens is 468 g/mol. The second-order valence-corrected chi connectivity index (χ2v) is 9.14. The van der Waals surface area contributed by atoms with Crippen LogP contribution in [-0.2, 0) is 4.74 Å². The lowest BCUT2D eigenvalue weighted by molar-refractivity contribution is 0.0285. The number of Topliss-reactive ketones (excluding diaryl/α,β-unsaturated/α-hetero) is 1. The molecule has 168 valence electrons. The average Bonchev–Trinajstić information content (AvgIpc) is 3.44. The zero-order valence-corrected chi connectivity index (χ0v) is 19.7. The number of benzene rings is 3. The topological polar surface area (TPSA) is 61.2 Å². The van der Waals surface area contributed by atoms with Gasteiger partial charge in [-0.15, -0.1) is 11.3 Å². The Morgan fingerprint density at radius 1 is 0.941 bits per heavy atom. The molecule has 0 aliphatic rings. The molecule has 0 spiro atoms. The number of carbonyl (C=O) groups excluding carboxylic acids is 2. The van der Waals surface area contributed by atoms with E-state index < -0.39 is 12.1 Å². The van der Waals surface area contributed by atoms with E-state index in [0.29, 0.717) is 21.0 Å². The van der Waals surface area contributed by atoms with Crippen LogP contribution in [0.1, 0.15) is 37.4 Å². The van der Waals surface area contributed by atoms with Crippen molar-refractivity contribution < 1.29 is 14.3 Å². The fourth-order valence-electron chi connectivity index (χ4n) is 3.75. The first-order chi connectivity index (χ1) is 16.5. The standard InChI is InChI=1S/C27H19ClN2O3S/c1-17-20-16-23(34-26(20)30(29-17)22-15-9-8-14-21(22)28)27(32)33-25(19-12-6-3-7-13-19)24(31)18-10-4-2-5-11-18/h2-16,25H,1H3. The van der Waals surface area contributed by atoms with Gasteiger partial charge < -0.3 is 4.74 Å². The van der Waals surface area contributed by atoms with Gasteiger partial charge in [0.25, 0.3) is 0 Å². The van der Waals surface area contributed by atoms with Crippen LogP contribution in [0.5, 0.6) is 0 Å². The van der Waals surface area contributed by atoms with Crippen molar-refractivity contribution in [2.45, 2.75) is 13.0 Å². The van der Waals surface area contributed by atoms with E-state index in [-0.39, 0.29) is 5.78 Å². The summed E-state index contributed by atoms with van der Waals surface area (Å²) in [7, 11) is 0. The maximum atomic E-state index is 13.3. The second kappa shape index (κ2) is 9.25. The van der Waals surface area contributed by atoms with Crippen LogP contribution in [0.2, 0.25) is 5.02 Å². The number of nitrogens with zero attached hydrogens (tertiary/aromatic N) is 2. The summed E-state index contributed by atoms with van der Waals surface area (Å²) in [5.41, 5.74) is 2.59. The Labute approximate surface area is 205 Å². The molecule has 1 unspecified atom stereocenters. The molecule has 0 aliphatic carbocycles. The van der Waals surface area contributed by atoms with E-state index in [1.807, 2.05) is 49.4 Å². The van der Waals surface area contributed by atoms with Gasteiger partial charge in [-0.3, -0.25) is 4.79 Å². The van der Waals surface area contributed by atoms with Gasteiger partial charge >= 0.3 is 5.97 Å². The molecular formula is C27H19ClN2O3S. The van der Waals surface area contributed by atoms with Gasteiger partial charge in [0.05, 0.1) is 16.4 Å². The molecule has 3 aromatic carbocycles. The molecule has 0 fully saturated rings. The molecule has 0 amide bonds. The molecule has 0 bridgehead atoms. The number of carbonyl (C=O) groups is 2. The third-order valence-electron chi connectivity index (χ3n) is 5.45. The van der Waals surface area contributed by atoms with E-state index in [1.165, 1.54) is 11.3 Å². The molecule has 5 rings (SSSR count). The molecule has 0 N–H and O–H groups in total. The summed E-state index contributed by atoms with van der Waals surface area (Å²) in [5.74, 6) is -0.843. The molecule has 5 aromatic rings. The quantitative estimate of drug-likeness (QED) is 0.195. The molecule has 34 heavy (non-hydrogen) atoms. The minimum atomic E-state index is -1.05. The fourth-order valence-corrected chi connectivity index (χ4v) is 5.03. The van der Waals surface area contributed by atoms with E-state index in [4.69, 9.17) is 16.3 Å². The molecule has 2 aromatic heterocycles. The molecule has 0 saturated heterocycles. The van der Waals surface area contributed by atoms with Crippen molar-refractivity contribution in [2.24, 2.45) is 0 Å². The molecule has 5 nitrogen and oxygen atoms in total. The van der Waals surface area contributed by atoms with Gasteiger partial charge in [0.2, 0.25) is 5.78 Å². The smallest absolute Gasteiger partial charge is 0.349 e. The maximum absolute atomic E-state index is 13.3. The summed E-state index contributed by atoms with van der Waals surface area (Å²) in [6.07, 6.45) is -1.05. The van der Waals surface area contributed by atoms with Crippen molar-refractivity contribution in [2.75, 3.05) is 0 Å². The predicted molar refractivity (Wildman–Crippen MR) is 134 cm³/mol. The number of esters is 1. The van der Waals surface area contributed by atoms with E-state index >= 15 is 0 Å². The van der Waals surface area contributed by atoms with Crippen LogP contribution in [0.15, 0.2) is 91.0 Å². The minimum absolute atomic E-state index is 0.278. The number of ketones is 1. The van der Waals surface area contributed by atoms with E-state index in [9.17, 15) is 9.59 Å². The first-order valence-corrected chi connectivity index (χ1v) is 11.8. The fraction of sp³-hybridized carbons (Fsp3) is 0.0741. The highest BCUT2D eigenvalue weighted by Crippen LogP contribution is 2.34.